The molecule has 0 aromatic rings. The lowest BCUT2D eigenvalue weighted by Crippen LogP contribution is -2.47. The van der Waals surface area contributed by atoms with Gasteiger partial charge in [0.2, 0.25) is 8.32 Å². The van der Waals surface area contributed by atoms with Crippen LogP contribution in [-0.2, 0) is 9.22 Å². The standard InChI is InChI=1S/C15H30O2Si/c1-8-15(16)10-9-11-17-18(12(2)3,13(4)5)14(6)7/h9-10,12-14H,8,11H2,1-7H3/b10-9+. The number of carbonyl (C=O) groups is 1. The van der Waals surface area contributed by atoms with Gasteiger partial charge in [-0.15, -0.1) is 0 Å². The highest BCUT2D eigenvalue weighted by molar-refractivity contribution is 6.77. The maximum absolute atomic E-state index is 11.2. The Balaban J connectivity index is 4.72. The third-order valence-corrected chi connectivity index (χ3v) is 9.87. The van der Waals surface area contributed by atoms with Crippen molar-refractivity contribution >= 4 is 14.1 Å². The lowest BCUT2D eigenvalue weighted by Gasteiger charge is -2.41. The van der Waals surface area contributed by atoms with Crippen molar-refractivity contribution in [3.8, 4) is 0 Å². The SMILES string of the molecule is CCC(=O)/C=C/CO[Si](C(C)C)(C(C)C)C(C)C. The zero-order chi connectivity index (χ0) is 14.3. The molecule has 106 valence electrons. The zero-order valence-electron chi connectivity index (χ0n) is 13.1. The number of hydrogen-bond acceptors (Lipinski definition) is 2. The first-order valence-corrected chi connectivity index (χ1v) is 9.26. The lowest BCUT2D eigenvalue weighted by atomic mass is 10.3. The van der Waals surface area contributed by atoms with E-state index in [1.165, 1.54) is 0 Å². The molecule has 0 aromatic carbocycles. The number of ketones is 1. The molecule has 0 saturated heterocycles. The maximum atomic E-state index is 11.2. The monoisotopic (exact) mass is 270 g/mol. The number of hydrogen-bond donors (Lipinski definition) is 0. The molecule has 0 heterocycles. The van der Waals surface area contributed by atoms with Gasteiger partial charge in [-0.25, -0.2) is 0 Å². The van der Waals surface area contributed by atoms with Crippen molar-refractivity contribution in [1.29, 1.82) is 0 Å². The molecule has 0 bridgehead atoms. The largest absolute Gasteiger partial charge is 0.412 e. The van der Waals surface area contributed by atoms with Crippen LogP contribution < -0.4 is 0 Å². The number of carbonyl (C=O) groups excluding carboxylic acids is 1. The van der Waals surface area contributed by atoms with Crippen LogP contribution in [0.2, 0.25) is 16.6 Å². The highest BCUT2D eigenvalue weighted by Gasteiger charge is 2.44. The van der Waals surface area contributed by atoms with Gasteiger partial charge in [0.1, 0.15) is 0 Å². The van der Waals surface area contributed by atoms with Gasteiger partial charge in [-0.1, -0.05) is 54.5 Å². The summed E-state index contributed by atoms with van der Waals surface area (Å²) in [6, 6.07) is 0. The molecule has 0 atom stereocenters. The van der Waals surface area contributed by atoms with Crippen LogP contribution in [0.15, 0.2) is 12.2 Å². The molecular formula is C15H30O2Si. The second-order valence-corrected chi connectivity index (χ2v) is 11.3. The van der Waals surface area contributed by atoms with Crippen molar-refractivity contribution in [2.45, 2.75) is 71.5 Å². The van der Waals surface area contributed by atoms with Crippen molar-refractivity contribution < 1.29 is 9.22 Å². The summed E-state index contributed by atoms with van der Waals surface area (Å²) in [6.45, 7) is 16.1. The van der Waals surface area contributed by atoms with Crippen LogP contribution in [-0.4, -0.2) is 20.7 Å². The molecule has 2 nitrogen and oxygen atoms in total. The minimum atomic E-state index is -1.77. The Hall–Kier alpha value is -0.413. The number of allylic oxidation sites excluding steroid dienone is 1. The Labute approximate surface area is 114 Å². The van der Waals surface area contributed by atoms with Crippen LogP contribution in [0.25, 0.3) is 0 Å². The van der Waals surface area contributed by atoms with Crippen LogP contribution >= 0.6 is 0 Å². The summed E-state index contributed by atoms with van der Waals surface area (Å²) in [5, 5.41) is 0. The summed E-state index contributed by atoms with van der Waals surface area (Å²) < 4.78 is 6.31. The van der Waals surface area contributed by atoms with E-state index in [0.29, 0.717) is 29.7 Å². The van der Waals surface area contributed by atoms with E-state index in [2.05, 4.69) is 41.5 Å². The Morgan fingerprint density at radius 2 is 1.50 bits per heavy atom. The predicted molar refractivity (Wildman–Crippen MR) is 81.4 cm³/mol. The summed E-state index contributed by atoms with van der Waals surface area (Å²) in [5.74, 6) is 0.171. The summed E-state index contributed by atoms with van der Waals surface area (Å²) in [5.41, 5.74) is 1.77. The predicted octanol–water partition coefficient (Wildman–Crippen LogP) is 4.71. The Morgan fingerprint density at radius 3 is 1.83 bits per heavy atom. The smallest absolute Gasteiger partial charge is 0.200 e. The van der Waals surface area contributed by atoms with Gasteiger partial charge in [-0.05, 0) is 22.7 Å². The van der Waals surface area contributed by atoms with Gasteiger partial charge in [0, 0.05) is 6.42 Å². The Kier molecular flexibility index (Phi) is 7.72. The van der Waals surface area contributed by atoms with Crippen LogP contribution in [0, 0.1) is 0 Å². The van der Waals surface area contributed by atoms with Crippen LogP contribution in [0.3, 0.4) is 0 Å². The molecule has 0 spiro atoms. The number of rotatable bonds is 8. The molecule has 0 saturated carbocycles. The maximum Gasteiger partial charge on any atom is 0.200 e. The average molecular weight is 270 g/mol. The second kappa shape index (κ2) is 7.90. The molecule has 0 aromatic heterocycles. The first-order valence-electron chi connectivity index (χ1n) is 7.12. The van der Waals surface area contributed by atoms with E-state index in [0.717, 1.165) is 0 Å². The third-order valence-electron chi connectivity index (χ3n) is 3.79. The normalized spacial score (nSPS) is 13.2. The highest BCUT2D eigenvalue weighted by atomic mass is 28.4. The van der Waals surface area contributed by atoms with Gasteiger partial charge in [0.15, 0.2) is 5.78 Å². The van der Waals surface area contributed by atoms with Gasteiger partial charge in [0.25, 0.3) is 0 Å². The highest BCUT2D eigenvalue weighted by Crippen LogP contribution is 2.42. The van der Waals surface area contributed by atoms with Gasteiger partial charge in [-0.2, -0.15) is 0 Å². The van der Waals surface area contributed by atoms with Gasteiger partial charge in [-0.3, -0.25) is 4.79 Å². The molecule has 0 N–H and O–H groups in total. The van der Waals surface area contributed by atoms with Crippen LogP contribution in [0.5, 0.6) is 0 Å². The van der Waals surface area contributed by atoms with E-state index in [4.69, 9.17) is 4.43 Å². The summed E-state index contributed by atoms with van der Waals surface area (Å²) in [4.78, 5) is 11.2. The topological polar surface area (TPSA) is 26.3 Å². The zero-order valence-corrected chi connectivity index (χ0v) is 14.1. The minimum Gasteiger partial charge on any atom is -0.412 e. The Morgan fingerprint density at radius 1 is 1.06 bits per heavy atom. The molecule has 3 heteroatoms. The van der Waals surface area contributed by atoms with Crippen LogP contribution in [0.4, 0.5) is 0 Å². The first kappa shape index (κ1) is 17.6. The van der Waals surface area contributed by atoms with Crippen molar-refractivity contribution in [3.05, 3.63) is 12.2 Å². The minimum absolute atomic E-state index is 0.171. The fourth-order valence-corrected chi connectivity index (χ4v) is 8.37. The van der Waals surface area contributed by atoms with E-state index >= 15 is 0 Å². The fourth-order valence-electron chi connectivity index (χ4n) is 2.99. The average Bonchev–Trinajstić information content (AvgIpc) is 2.27. The van der Waals surface area contributed by atoms with Crippen molar-refractivity contribution in [2.24, 2.45) is 0 Å². The molecular weight excluding hydrogens is 240 g/mol. The van der Waals surface area contributed by atoms with E-state index < -0.39 is 8.32 Å². The lowest BCUT2D eigenvalue weighted by molar-refractivity contribution is -0.114. The van der Waals surface area contributed by atoms with E-state index in [1.54, 1.807) is 6.08 Å². The quantitative estimate of drug-likeness (QED) is 0.471. The van der Waals surface area contributed by atoms with Gasteiger partial charge < -0.3 is 4.43 Å². The Bertz CT molecular complexity index is 258. The van der Waals surface area contributed by atoms with E-state index in [9.17, 15) is 4.79 Å². The van der Waals surface area contributed by atoms with Crippen molar-refractivity contribution in [3.63, 3.8) is 0 Å². The molecule has 0 rings (SSSR count). The molecule has 0 aliphatic carbocycles. The fraction of sp³-hybridized carbons (Fsp3) is 0.800. The molecule has 0 radical (unpaired) electrons. The molecule has 0 aliphatic rings. The molecule has 0 amide bonds. The molecule has 18 heavy (non-hydrogen) atoms. The summed E-state index contributed by atoms with van der Waals surface area (Å²) >= 11 is 0. The van der Waals surface area contributed by atoms with E-state index in [-0.39, 0.29) is 5.78 Å². The first-order chi connectivity index (χ1) is 8.28. The van der Waals surface area contributed by atoms with Crippen molar-refractivity contribution in [2.75, 3.05) is 6.61 Å². The summed E-state index contributed by atoms with van der Waals surface area (Å²) in [6.07, 6.45) is 4.10. The third kappa shape index (κ3) is 4.36. The molecule has 0 unspecified atom stereocenters. The van der Waals surface area contributed by atoms with E-state index in [1.807, 2.05) is 13.0 Å². The molecule has 0 fully saturated rings. The van der Waals surface area contributed by atoms with Gasteiger partial charge in [0.05, 0.1) is 6.61 Å². The van der Waals surface area contributed by atoms with Crippen molar-refractivity contribution in [1.82, 2.24) is 0 Å². The van der Waals surface area contributed by atoms with Gasteiger partial charge >= 0.3 is 0 Å². The van der Waals surface area contributed by atoms with Crippen LogP contribution in [0.1, 0.15) is 54.9 Å². The second-order valence-electron chi connectivity index (χ2n) is 5.85. The molecule has 0 aliphatic heterocycles. The summed E-state index contributed by atoms with van der Waals surface area (Å²) in [7, 11) is -1.77.